The Bertz CT molecular complexity index is 586. The highest BCUT2D eigenvalue weighted by Gasteiger charge is 2.24. The monoisotopic (exact) mass is 385 g/mol. The van der Waals surface area contributed by atoms with Gasteiger partial charge in [0.1, 0.15) is 0 Å². The number of unbranched alkanes of at least 4 members (excludes halogenated alkanes) is 2. The predicted octanol–water partition coefficient (Wildman–Crippen LogP) is 4.40. The molecule has 1 aromatic rings. The SMILES string of the molecule is CCCCCC(C)N1CCN(C(=O)c2ccc(CN3CCCCC3)cc2)CC1. The summed E-state index contributed by atoms with van der Waals surface area (Å²) in [6.45, 7) is 11.8. The number of carbonyl (C=O) groups excluding carboxylic acids is 1. The van der Waals surface area contributed by atoms with Gasteiger partial charge in [-0.25, -0.2) is 0 Å². The lowest BCUT2D eigenvalue weighted by atomic mass is 10.1. The molecule has 0 spiro atoms. The Labute approximate surface area is 171 Å². The standard InChI is InChI=1S/C24H39N3O/c1-3-4-6-9-21(2)26-16-18-27(19-17-26)24(28)23-12-10-22(11-13-23)20-25-14-7-5-8-15-25/h10-13,21H,3-9,14-20H2,1-2H3. The molecule has 0 saturated carbocycles. The van der Waals surface area contributed by atoms with E-state index in [9.17, 15) is 4.79 Å². The average molecular weight is 386 g/mol. The highest BCUT2D eigenvalue weighted by atomic mass is 16.2. The van der Waals surface area contributed by atoms with Gasteiger partial charge in [0, 0.05) is 44.3 Å². The summed E-state index contributed by atoms with van der Waals surface area (Å²) in [7, 11) is 0. The van der Waals surface area contributed by atoms with E-state index in [1.165, 1.54) is 63.6 Å². The molecular formula is C24H39N3O. The number of likely N-dealkylation sites (tertiary alicyclic amines) is 1. The van der Waals surface area contributed by atoms with Crippen molar-refractivity contribution in [3.63, 3.8) is 0 Å². The van der Waals surface area contributed by atoms with Crippen LogP contribution in [0, 0.1) is 0 Å². The minimum atomic E-state index is 0.197. The minimum absolute atomic E-state index is 0.197. The quantitative estimate of drug-likeness (QED) is 0.621. The normalized spacial score (nSPS) is 20.3. The molecule has 2 heterocycles. The molecule has 4 heteroatoms. The number of amides is 1. The number of rotatable bonds is 8. The second kappa shape index (κ2) is 11.0. The van der Waals surface area contributed by atoms with Gasteiger partial charge >= 0.3 is 0 Å². The van der Waals surface area contributed by atoms with Gasteiger partial charge in [-0.2, -0.15) is 0 Å². The Morgan fingerprint density at radius 1 is 0.929 bits per heavy atom. The third-order valence-corrected chi connectivity index (χ3v) is 6.51. The van der Waals surface area contributed by atoms with Gasteiger partial charge in [0.2, 0.25) is 0 Å². The molecule has 1 atom stereocenters. The van der Waals surface area contributed by atoms with Crippen LogP contribution < -0.4 is 0 Å². The molecule has 2 fully saturated rings. The van der Waals surface area contributed by atoms with Crippen molar-refractivity contribution in [1.29, 1.82) is 0 Å². The topological polar surface area (TPSA) is 26.8 Å². The molecule has 1 unspecified atom stereocenters. The predicted molar refractivity (Wildman–Crippen MR) is 117 cm³/mol. The van der Waals surface area contributed by atoms with Crippen molar-refractivity contribution in [2.75, 3.05) is 39.3 Å². The van der Waals surface area contributed by atoms with Gasteiger partial charge in [-0.05, 0) is 57.0 Å². The number of hydrogen-bond donors (Lipinski definition) is 0. The minimum Gasteiger partial charge on any atom is -0.336 e. The van der Waals surface area contributed by atoms with Crippen molar-refractivity contribution in [2.24, 2.45) is 0 Å². The first-order valence-electron chi connectivity index (χ1n) is 11.5. The molecular weight excluding hydrogens is 346 g/mol. The molecule has 4 nitrogen and oxygen atoms in total. The van der Waals surface area contributed by atoms with E-state index in [1.807, 2.05) is 17.0 Å². The van der Waals surface area contributed by atoms with Gasteiger partial charge < -0.3 is 4.90 Å². The molecule has 1 amide bonds. The van der Waals surface area contributed by atoms with E-state index < -0.39 is 0 Å². The number of nitrogens with zero attached hydrogens (tertiary/aromatic N) is 3. The first-order chi connectivity index (χ1) is 13.7. The Balaban J connectivity index is 1.45. The number of piperazine rings is 1. The molecule has 2 saturated heterocycles. The van der Waals surface area contributed by atoms with Crippen LogP contribution >= 0.6 is 0 Å². The van der Waals surface area contributed by atoms with E-state index in [2.05, 4.69) is 35.8 Å². The lowest BCUT2D eigenvalue weighted by Gasteiger charge is -2.38. The average Bonchev–Trinajstić information content (AvgIpc) is 2.75. The summed E-state index contributed by atoms with van der Waals surface area (Å²) in [5, 5.41) is 0. The van der Waals surface area contributed by atoms with E-state index >= 15 is 0 Å². The number of piperidine rings is 1. The van der Waals surface area contributed by atoms with Gasteiger partial charge in [-0.15, -0.1) is 0 Å². The molecule has 0 radical (unpaired) electrons. The van der Waals surface area contributed by atoms with E-state index in [4.69, 9.17) is 0 Å². The fourth-order valence-corrected chi connectivity index (χ4v) is 4.55. The first-order valence-corrected chi connectivity index (χ1v) is 11.5. The third-order valence-electron chi connectivity index (χ3n) is 6.51. The molecule has 2 aliphatic heterocycles. The number of benzene rings is 1. The van der Waals surface area contributed by atoms with Gasteiger partial charge in [-0.1, -0.05) is 44.7 Å². The Kier molecular flexibility index (Phi) is 8.35. The number of hydrogen-bond acceptors (Lipinski definition) is 3. The van der Waals surface area contributed by atoms with Gasteiger partial charge in [0.05, 0.1) is 0 Å². The lowest BCUT2D eigenvalue weighted by molar-refractivity contribution is 0.0573. The maximum atomic E-state index is 12.9. The lowest BCUT2D eigenvalue weighted by Crippen LogP contribution is -2.51. The first kappa shape index (κ1) is 21.3. The van der Waals surface area contributed by atoms with Crippen molar-refractivity contribution >= 4 is 5.91 Å². The molecule has 2 aliphatic rings. The third kappa shape index (κ3) is 6.05. The van der Waals surface area contributed by atoms with Crippen molar-refractivity contribution < 1.29 is 4.79 Å². The zero-order valence-electron chi connectivity index (χ0n) is 18.0. The summed E-state index contributed by atoms with van der Waals surface area (Å²) in [4.78, 5) is 20.0. The number of carbonyl (C=O) groups is 1. The van der Waals surface area contributed by atoms with Crippen LogP contribution in [0.25, 0.3) is 0 Å². The van der Waals surface area contributed by atoms with Crippen LogP contribution in [0.15, 0.2) is 24.3 Å². The van der Waals surface area contributed by atoms with E-state index in [0.717, 1.165) is 38.3 Å². The summed E-state index contributed by atoms with van der Waals surface area (Å²) in [6, 6.07) is 8.99. The van der Waals surface area contributed by atoms with Crippen molar-refractivity contribution in [1.82, 2.24) is 14.7 Å². The fraction of sp³-hybridized carbons (Fsp3) is 0.708. The Morgan fingerprint density at radius 3 is 2.25 bits per heavy atom. The van der Waals surface area contributed by atoms with Crippen molar-refractivity contribution in [2.45, 2.75) is 71.4 Å². The zero-order valence-corrected chi connectivity index (χ0v) is 18.0. The van der Waals surface area contributed by atoms with Crippen molar-refractivity contribution in [3.05, 3.63) is 35.4 Å². The van der Waals surface area contributed by atoms with Crippen LogP contribution in [-0.2, 0) is 6.54 Å². The Morgan fingerprint density at radius 2 is 1.61 bits per heavy atom. The van der Waals surface area contributed by atoms with Crippen LogP contribution in [0.5, 0.6) is 0 Å². The van der Waals surface area contributed by atoms with Crippen molar-refractivity contribution in [3.8, 4) is 0 Å². The van der Waals surface area contributed by atoms with E-state index in [0.29, 0.717) is 6.04 Å². The van der Waals surface area contributed by atoms with Crippen LogP contribution in [-0.4, -0.2) is 65.9 Å². The largest absolute Gasteiger partial charge is 0.336 e. The van der Waals surface area contributed by atoms with Gasteiger partial charge in [0.15, 0.2) is 0 Å². The molecule has 0 bridgehead atoms. The molecule has 0 N–H and O–H groups in total. The van der Waals surface area contributed by atoms with Gasteiger partial charge in [-0.3, -0.25) is 14.6 Å². The highest BCUT2D eigenvalue weighted by molar-refractivity contribution is 5.94. The van der Waals surface area contributed by atoms with Crippen LogP contribution in [0.4, 0.5) is 0 Å². The molecule has 28 heavy (non-hydrogen) atoms. The maximum absolute atomic E-state index is 12.9. The van der Waals surface area contributed by atoms with E-state index in [1.54, 1.807) is 0 Å². The van der Waals surface area contributed by atoms with Crippen LogP contribution in [0.3, 0.4) is 0 Å². The molecule has 1 aromatic carbocycles. The maximum Gasteiger partial charge on any atom is 0.253 e. The van der Waals surface area contributed by atoms with Gasteiger partial charge in [0.25, 0.3) is 5.91 Å². The molecule has 3 rings (SSSR count). The summed E-state index contributed by atoms with van der Waals surface area (Å²) < 4.78 is 0. The zero-order chi connectivity index (χ0) is 19.8. The summed E-state index contributed by atoms with van der Waals surface area (Å²) >= 11 is 0. The molecule has 0 aliphatic carbocycles. The molecule has 0 aromatic heterocycles. The summed E-state index contributed by atoms with van der Waals surface area (Å²) in [5.41, 5.74) is 2.16. The van der Waals surface area contributed by atoms with E-state index in [-0.39, 0.29) is 5.91 Å². The van der Waals surface area contributed by atoms with Crippen LogP contribution in [0.1, 0.15) is 74.7 Å². The summed E-state index contributed by atoms with van der Waals surface area (Å²) in [6.07, 6.45) is 9.22. The molecule has 156 valence electrons. The summed E-state index contributed by atoms with van der Waals surface area (Å²) in [5.74, 6) is 0.197. The highest BCUT2D eigenvalue weighted by Crippen LogP contribution is 2.17. The Hall–Kier alpha value is -1.39. The fourth-order valence-electron chi connectivity index (χ4n) is 4.55. The second-order valence-corrected chi connectivity index (χ2v) is 8.71. The second-order valence-electron chi connectivity index (χ2n) is 8.71. The van der Waals surface area contributed by atoms with Crippen LogP contribution in [0.2, 0.25) is 0 Å². The smallest absolute Gasteiger partial charge is 0.253 e.